The van der Waals surface area contributed by atoms with Gasteiger partial charge in [0.2, 0.25) is 5.91 Å². The van der Waals surface area contributed by atoms with Gasteiger partial charge in [-0.15, -0.1) is 24.0 Å². The van der Waals surface area contributed by atoms with Crippen LogP contribution in [-0.4, -0.2) is 62.1 Å². The van der Waals surface area contributed by atoms with E-state index in [2.05, 4.69) is 15.6 Å². The third kappa shape index (κ3) is 7.90. The van der Waals surface area contributed by atoms with Gasteiger partial charge in [0.05, 0.1) is 12.1 Å². The predicted molar refractivity (Wildman–Crippen MR) is 120 cm³/mol. The number of alkyl halides is 3. The van der Waals surface area contributed by atoms with Gasteiger partial charge in [0, 0.05) is 44.5 Å². The zero-order valence-corrected chi connectivity index (χ0v) is 19.5. The third-order valence-electron chi connectivity index (χ3n) is 4.25. The molecule has 164 valence electrons. The Labute approximate surface area is 186 Å². The predicted octanol–water partition coefficient (Wildman–Crippen LogP) is 2.94. The first-order chi connectivity index (χ1) is 13.0. The molecule has 0 radical (unpaired) electrons. The summed E-state index contributed by atoms with van der Waals surface area (Å²) in [4.78, 5) is 20.1. The molecule has 0 atom stereocenters. The fourth-order valence-electron chi connectivity index (χ4n) is 3.01. The molecule has 1 amide bonds. The fourth-order valence-corrected chi connectivity index (χ4v) is 3.01. The molecular formula is C19H29F3IN5O. The number of rotatable bonds is 3. The van der Waals surface area contributed by atoms with Gasteiger partial charge in [-0.3, -0.25) is 9.79 Å². The van der Waals surface area contributed by atoms with Crippen molar-refractivity contribution in [2.24, 2.45) is 4.99 Å². The molecular weight excluding hydrogens is 498 g/mol. The van der Waals surface area contributed by atoms with Crippen molar-refractivity contribution in [3.05, 3.63) is 29.8 Å². The van der Waals surface area contributed by atoms with E-state index in [-0.39, 0.29) is 42.0 Å². The van der Waals surface area contributed by atoms with E-state index in [0.717, 1.165) is 6.07 Å². The zero-order valence-electron chi connectivity index (χ0n) is 17.1. The van der Waals surface area contributed by atoms with Crippen LogP contribution in [0.2, 0.25) is 0 Å². The van der Waals surface area contributed by atoms with Crippen molar-refractivity contribution >= 4 is 41.5 Å². The number of piperazine rings is 1. The first-order valence-corrected chi connectivity index (χ1v) is 9.18. The molecule has 1 aliphatic rings. The minimum Gasteiger partial charge on any atom is -0.368 e. The Bertz CT molecular complexity index is 711. The lowest BCUT2D eigenvalue weighted by atomic mass is 10.1. The van der Waals surface area contributed by atoms with Crippen LogP contribution >= 0.6 is 24.0 Å². The zero-order chi connectivity index (χ0) is 20.9. The maximum Gasteiger partial charge on any atom is 0.416 e. The van der Waals surface area contributed by atoms with Crippen molar-refractivity contribution in [2.75, 3.05) is 44.7 Å². The lowest BCUT2D eigenvalue weighted by Crippen LogP contribution is -2.54. The maximum atomic E-state index is 12.9. The van der Waals surface area contributed by atoms with E-state index >= 15 is 0 Å². The molecule has 2 rings (SSSR count). The molecule has 0 aromatic heterocycles. The van der Waals surface area contributed by atoms with Gasteiger partial charge in [-0.2, -0.15) is 13.2 Å². The van der Waals surface area contributed by atoms with E-state index in [4.69, 9.17) is 0 Å². The van der Waals surface area contributed by atoms with Gasteiger partial charge in [-0.25, -0.2) is 0 Å². The Morgan fingerprint density at radius 2 is 1.76 bits per heavy atom. The van der Waals surface area contributed by atoms with E-state index in [1.807, 2.05) is 30.6 Å². The lowest BCUT2D eigenvalue weighted by molar-refractivity contribution is -0.137. The first-order valence-electron chi connectivity index (χ1n) is 9.18. The van der Waals surface area contributed by atoms with Crippen LogP contribution in [0.25, 0.3) is 0 Å². The molecule has 1 aromatic rings. The average molecular weight is 527 g/mol. The van der Waals surface area contributed by atoms with Crippen molar-refractivity contribution in [2.45, 2.75) is 32.5 Å². The van der Waals surface area contributed by atoms with Crippen molar-refractivity contribution in [3.8, 4) is 0 Å². The fraction of sp³-hybridized carbons (Fsp3) is 0.579. The molecule has 0 bridgehead atoms. The Morgan fingerprint density at radius 3 is 2.28 bits per heavy atom. The van der Waals surface area contributed by atoms with Crippen molar-refractivity contribution in [1.29, 1.82) is 0 Å². The number of carbonyl (C=O) groups is 1. The number of benzene rings is 1. The molecule has 1 aliphatic heterocycles. The second kappa shape index (κ2) is 10.4. The van der Waals surface area contributed by atoms with Crippen LogP contribution < -0.4 is 15.5 Å². The summed E-state index contributed by atoms with van der Waals surface area (Å²) in [5, 5.41) is 5.91. The van der Waals surface area contributed by atoms with Crippen molar-refractivity contribution in [3.63, 3.8) is 0 Å². The maximum absolute atomic E-state index is 12.9. The Kier molecular flexibility index (Phi) is 9.04. The molecule has 1 heterocycles. The highest BCUT2D eigenvalue weighted by atomic mass is 127. The van der Waals surface area contributed by atoms with Gasteiger partial charge < -0.3 is 20.4 Å². The third-order valence-corrected chi connectivity index (χ3v) is 4.25. The molecule has 0 unspecified atom stereocenters. The summed E-state index contributed by atoms with van der Waals surface area (Å²) >= 11 is 0. The molecule has 0 spiro atoms. The summed E-state index contributed by atoms with van der Waals surface area (Å²) in [6.07, 6.45) is -4.35. The quantitative estimate of drug-likeness (QED) is 0.361. The second-order valence-corrected chi connectivity index (χ2v) is 7.72. The molecule has 1 saturated heterocycles. The van der Waals surface area contributed by atoms with Crippen LogP contribution in [0.1, 0.15) is 26.3 Å². The van der Waals surface area contributed by atoms with E-state index in [1.165, 1.54) is 12.1 Å². The van der Waals surface area contributed by atoms with E-state index < -0.39 is 11.7 Å². The molecule has 6 nitrogen and oxygen atoms in total. The van der Waals surface area contributed by atoms with Crippen LogP contribution in [0, 0.1) is 0 Å². The molecule has 1 fully saturated rings. The van der Waals surface area contributed by atoms with Gasteiger partial charge in [-0.1, -0.05) is 6.07 Å². The number of hydrogen-bond acceptors (Lipinski definition) is 3. The summed E-state index contributed by atoms with van der Waals surface area (Å²) in [6, 6.07) is 5.38. The Morgan fingerprint density at radius 1 is 1.14 bits per heavy atom. The number of amides is 1. The monoisotopic (exact) mass is 527 g/mol. The average Bonchev–Trinajstić information content (AvgIpc) is 2.61. The summed E-state index contributed by atoms with van der Waals surface area (Å²) < 4.78 is 38.8. The topological polar surface area (TPSA) is 60.0 Å². The number of guanidine groups is 1. The molecule has 29 heavy (non-hydrogen) atoms. The van der Waals surface area contributed by atoms with Crippen LogP contribution in [0.3, 0.4) is 0 Å². The van der Waals surface area contributed by atoms with Gasteiger partial charge in [0.15, 0.2) is 5.96 Å². The lowest BCUT2D eigenvalue weighted by Gasteiger charge is -2.37. The molecule has 0 aliphatic carbocycles. The number of anilines is 1. The highest BCUT2D eigenvalue weighted by Gasteiger charge is 2.31. The van der Waals surface area contributed by atoms with Crippen LogP contribution in [0.4, 0.5) is 18.9 Å². The van der Waals surface area contributed by atoms with E-state index in [1.54, 1.807) is 13.1 Å². The van der Waals surface area contributed by atoms with Gasteiger partial charge >= 0.3 is 6.18 Å². The van der Waals surface area contributed by atoms with Crippen molar-refractivity contribution < 1.29 is 18.0 Å². The van der Waals surface area contributed by atoms with E-state index in [9.17, 15) is 18.0 Å². The summed E-state index contributed by atoms with van der Waals surface area (Å²) in [7, 11) is 1.64. The Hall–Kier alpha value is -1.72. The number of aliphatic imine (C=N–C) groups is 1. The molecule has 2 N–H and O–H groups in total. The first kappa shape index (κ1) is 25.3. The van der Waals surface area contributed by atoms with Crippen LogP contribution in [-0.2, 0) is 11.0 Å². The number of carbonyl (C=O) groups excluding carboxylic acids is 1. The molecule has 10 heteroatoms. The second-order valence-electron chi connectivity index (χ2n) is 7.72. The highest BCUT2D eigenvalue weighted by Crippen LogP contribution is 2.31. The van der Waals surface area contributed by atoms with Gasteiger partial charge in [-0.05, 0) is 39.0 Å². The summed E-state index contributed by atoms with van der Waals surface area (Å²) in [5.41, 5.74) is -0.393. The van der Waals surface area contributed by atoms with Gasteiger partial charge in [0.1, 0.15) is 0 Å². The minimum atomic E-state index is -4.35. The standard InChI is InChI=1S/C19H28F3N5O.HI/c1-18(2,3)25-16(28)13-24-17(23-4)27-10-8-26(9-11-27)15-7-5-6-14(12-15)19(20,21)22;/h5-7,12H,8-11,13H2,1-4H3,(H,23,24)(H,25,28);1H. The molecule has 0 saturated carbocycles. The van der Waals surface area contributed by atoms with E-state index in [0.29, 0.717) is 37.8 Å². The summed E-state index contributed by atoms with van der Waals surface area (Å²) in [5.74, 6) is 0.476. The van der Waals surface area contributed by atoms with Crippen LogP contribution in [0.5, 0.6) is 0 Å². The highest BCUT2D eigenvalue weighted by molar-refractivity contribution is 14.0. The SMILES string of the molecule is CN=C(NCC(=O)NC(C)(C)C)N1CCN(c2cccc(C(F)(F)F)c2)CC1.I. The number of halogens is 4. The summed E-state index contributed by atoms with van der Waals surface area (Å²) in [6.45, 7) is 8.16. The normalized spacial score (nSPS) is 15.6. The number of nitrogens with one attached hydrogen (secondary N) is 2. The number of nitrogens with zero attached hydrogens (tertiary/aromatic N) is 3. The Balaban J connectivity index is 0.00000420. The van der Waals surface area contributed by atoms with Crippen LogP contribution in [0.15, 0.2) is 29.3 Å². The smallest absolute Gasteiger partial charge is 0.368 e. The largest absolute Gasteiger partial charge is 0.416 e. The van der Waals surface area contributed by atoms with Gasteiger partial charge in [0.25, 0.3) is 0 Å². The van der Waals surface area contributed by atoms with Crippen molar-refractivity contribution in [1.82, 2.24) is 15.5 Å². The number of hydrogen-bond donors (Lipinski definition) is 2. The minimum absolute atomic E-state index is 0. The molecule has 1 aromatic carbocycles.